The number of anilines is 1. The number of nitrogens with one attached hydrogen (secondary N) is 2. The van der Waals surface area contributed by atoms with Crippen LogP contribution in [0, 0.1) is 5.82 Å². The van der Waals surface area contributed by atoms with Crippen molar-refractivity contribution in [2.45, 2.75) is 19.6 Å². The van der Waals surface area contributed by atoms with Gasteiger partial charge in [0.25, 0.3) is 5.91 Å². The van der Waals surface area contributed by atoms with Gasteiger partial charge in [-0.25, -0.2) is 4.39 Å². The van der Waals surface area contributed by atoms with Crippen molar-refractivity contribution in [1.29, 1.82) is 0 Å². The predicted octanol–water partition coefficient (Wildman–Crippen LogP) is 0.572. The zero-order valence-electron chi connectivity index (χ0n) is 14.8. The fourth-order valence-electron chi connectivity index (χ4n) is 3.27. The van der Waals surface area contributed by atoms with E-state index >= 15 is 0 Å². The van der Waals surface area contributed by atoms with Crippen molar-refractivity contribution in [2.24, 2.45) is 0 Å². The number of amides is 1. The van der Waals surface area contributed by atoms with E-state index in [0.717, 1.165) is 44.8 Å². The number of halogens is 1. The van der Waals surface area contributed by atoms with Crippen LogP contribution < -0.4 is 15.5 Å². The van der Waals surface area contributed by atoms with Gasteiger partial charge in [0.1, 0.15) is 11.9 Å². The van der Waals surface area contributed by atoms with Crippen LogP contribution in [0.4, 0.5) is 10.1 Å². The minimum absolute atomic E-state index is 0.135. The fraction of sp³-hybridized carbons (Fsp3) is 0.611. The first-order valence-electron chi connectivity index (χ1n) is 9.03. The Hall–Kier alpha value is -1.70. The third-order valence-corrected chi connectivity index (χ3v) is 4.83. The summed E-state index contributed by atoms with van der Waals surface area (Å²) in [6, 6.07) is 5.19. The first-order chi connectivity index (χ1) is 12.2. The minimum atomic E-state index is -0.446. The molecule has 6 nitrogen and oxygen atoms in total. The lowest BCUT2D eigenvalue weighted by Gasteiger charge is -2.31. The number of likely N-dealkylation sites (N-methyl/N-ethyl adjacent to an activating group) is 1. The van der Waals surface area contributed by atoms with Crippen molar-refractivity contribution in [3.8, 4) is 0 Å². The molecule has 2 N–H and O–H groups in total. The number of rotatable bonds is 5. The average Bonchev–Trinajstić information content (AvgIpc) is 2.67. The van der Waals surface area contributed by atoms with E-state index in [4.69, 9.17) is 4.74 Å². The number of carbonyl (C=O) groups excluding carboxylic acids is 1. The minimum Gasteiger partial charge on any atom is -0.367 e. The molecular formula is C18H27FN4O2. The van der Waals surface area contributed by atoms with E-state index in [0.29, 0.717) is 25.4 Å². The molecule has 0 saturated carbocycles. The standard InChI is InChI=1S/C18H27FN4O2/c1-2-22-9-10-25-17(13-22)18(24)21-12-14-3-4-16(15(19)11-14)23-7-5-20-6-8-23/h3-4,11,17,20H,2,5-10,12-13H2,1H3,(H,21,24)/t17-/m1/s1. The van der Waals surface area contributed by atoms with Gasteiger partial charge in [0.2, 0.25) is 0 Å². The van der Waals surface area contributed by atoms with Gasteiger partial charge in [-0.2, -0.15) is 0 Å². The quantitative estimate of drug-likeness (QED) is 0.813. The van der Waals surface area contributed by atoms with Gasteiger partial charge in [-0.15, -0.1) is 0 Å². The van der Waals surface area contributed by atoms with Gasteiger partial charge in [0.05, 0.1) is 12.3 Å². The maximum Gasteiger partial charge on any atom is 0.250 e. The van der Waals surface area contributed by atoms with Crippen molar-refractivity contribution in [2.75, 3.05) is 57.3 Å². The summed E-state index contributed by atoms with van der Waals surface area (Å²) >= 11 is 0. The van der Waals surface area contributed by atoms with Crippen LogP contribution in [0.15, 0.2) is 18.2 Å². The van der Waals surface area contributed by atoms with Crippen LogP contribution in [0.1, 0.15) is 12.5 Å². The Balaban J connectivity index is 1.54. The molecule has 0 bridgehead atoms. The summed E-state index contributed by atoms with van der Waals surface area (Å²) in [6.45, 7) is 8.68. The zero-order valence-corrected chi connectivity index (χ0v) is 14.8. The van der Waals surface area contributed by atoms with E-state index in [2.05, 4.69) is 22.5 Å². The number of ether oxygens (including phenoxy) is 1. The van der Waals surface area contributed by atoms with Gasteiger partial charge in [-0.1, -0.05) is 13.0 Å². The molecule has 1 amide bonds. The molecule has 3 rings (SSSR count). The number of morpholine rings is 1. The average molecular weight is 350 g/mol. The number of benzene rings is 1. The van der Waals surface area contributed by atoms with Crippen LogP contribution in [0.5, 0.6) is 0 Å². The molecule has 2 aliphatic heterocycles. The summed E-state index contributed by atoms with van der Waals surface area (Å²) in [4.78, 5) is 16.5. The second-order valence-electron chi connectivity index (χ2n) is 6.49. The summed E-state index contributed by atoms with van der Waals surface area (Å²) in [5.74, 6) is -0.371. The topological polar surface area (TPSA) is 56.8 Å². The highest BCUT2D eigenvalue weighted by Crippen LogP contribution is 2.21. The summed E-state index contributed by atoms with van der Waals surface area (Å²) in [5.41, 5.74) is 1.39. The van der Waals surface area contributed by atoms with Crippen molar-refractivity contribution in [3.05, 3.63) is 29.6 Å². The van der Waals surface area contributed by atoms with Crippen LogP contribution in [0.25, 0.3) is 0 Å². The van der Waals surface area contributed by atoms with E-state index in [-0.39, 0.29) is 11.7 Å². The molecule has 2 heterocycles. The SMILES string of the molecule is CCN1CCO[C@@H](C(=O)NCc2ccc(N3CCNCC3)c(F)c2)C1. The molecule has 1 aromatic rings. The highest BCUT2D eigenvalue weighted by Gasteiger charge is 2.25. The number of hydrogen-bond acceptors (Lipinski definition) is 5. The Morgan fingerprint density at radius 3 is 2.88 bits per heavy atom. The van der Waals surface area contributed by atoms with E-state index in [1.165, 1.54) is 6.07 Å². The molecule has 0 radical (unpaired) electrons. The molecule has 0 unspecified atom stereocenters. The fourth-order valence-corrected chi connectivity index (χ4v) is 3.27. The molecule has 0 aliphatic carbocycles. The molecule has 0 aromatic heterocycles. The van der Waals surface area contributed by atoms with E-state index in [1.807, 2.05) is 11.0 Å². The van der Waals surface area contributed by atoms with E-state index < -0.39 is 6.10 Å². The monoisotopic (exact) mass is 350 g/mol. The molecule has 1 aromatic carbocycles. The Morgan fingerprint density at radius 2 is 2.16 bits per heavy atom. The number of carbonyl (C=O) groups is 1. The van der Waals surface area contributed by atoms with E-state index in [1.54, 1.807) is 6.07 Å². The molecule has 7 heteroatoms. The highest BCUT2D eigenvalue weighted by molar-refractivity contribution is 5.81. The van der Waals surface area contributed by atoms with Crippen LogP contribution in [0.2, 0.25) is 0 Å². The van der Waals surface area contributed by atoms with Crippen molar-refractivity contribution in [3.63, 3.8) is 0 Å². The smallest absolute Gasteiger partial charge is 0.250 e. The van der Waals surface area contributed by atoms with Crippen molar-refractivity contribution < 1.29 is 13.9 Å². The lowest BCUT2D eigenvalue weighted by Crippen LogP contribution is -2.49. The molecule has 0 spiro atoms. The Kier molecular flexibility index (Phi) is 6.23. The van der Waals surface area contributed by atoms with Gasteiger partial charge in [0, 0.05) is 45.8 Å². The Labute approximate surface area is 148 Å². The molecule has 25 heavy (non-hydrogen) atoms. The molecule has 2 fully saturated rings. The number of hydrogen-bond donors (Lipinski definition) is 2. The summed E-state index contributed by atoms with van der Waals surface area (Å²) in [7, 11) is 0. The molecule has 1 atom stereocenters. The first kappa shape index (κ1) is 18.1. The highest BCUT2D eigenvalue weighted by atomic mass is 19.1. The maximum absolute atomic E-state index is 14.4. The van der Waals surface area contributed by atoms with Crippen molar-refractivity contribution in [1.82, 2.24) is 15.5 Å². The normalized spacial score (nSPS) is 22.0. The van der Waals surface area contributed by atoms with Crippen LogP contribution >= 0.6 is 0 Å². The van der Waals surface area contributed by atoms with Gasteiger partial charge in [-0.05, 0) is 24.2 Å². The van der Waals surface area contributed by atoms with Crippen LogP contribution in [-0.4, -0.2) is 69.3 Å². The first-order valence-corrected chi connectivity index (χ1v) is 9.03. The van der Waals surface area contributed by atoms with Gasteiger partial charge in [-0.3, -0.25) is 9.69 Å². The van der Waals surface area contributed by atoms with Crippen LogP contribution in [-0.2, 0) is 16.1 Å². The molecule has 2 aliphatic rings. The lowest BCUT2D eigenvalue weighted by molar-refractivity contribution is -0.138. The molecule has 2 saturated heterocycles. The Bertz CT molecular complexity index is 592. The maximum atomic E-state index is 14.4. The van der Waals surface area contributed by atoms with Gasteiger partial charge < -0.3 is 20.3 Å². The van der Waals surface area contributed by atoms with Gasteiger partial charge in [0.15, 0.2) is 0 Å². The molecular weight excluding hydrogens is 323 g/mol. The number of nitrogens with zero attached hydrogens (tertiary/aromatic N) is 2. The second kappa shape index (κ2) is 8.60. The third kappa shape index (κ3) is 4.68. The number of piperazine rings is 1. The zero-order chi connectivity index (χ0) is 17.6. The summed E-state index contributed by atoms with van der Waals surface area (Å²) < 4.78 is 19.9. The lowest BCUT2D eigenvalue weighted by atomic mass is 10.1. The van der Waals surface area contributed by atoms with Crippen molar-refractivity contribution >= 4 is 11.6 Å². The molecule has 138 valence electrons. The predicted molar refractivity (Wildman–Crippen MR) is 95.2 cm³/mol. The summed E-state index contributed by atoms with van der Waals surface area (Å²) in [5, 5.41) is 6.12. The largest absolute Gasteiger partial charge is 0.367 e. The Morgan fingerprint density at radius 1 is 1.36 bits per heavy atom. The second-order valence-corrected chi connectivity index (χ2v) is 6.49. The van der Waals surface area contributed by atoms with Gasteiger partial charge >= 0.3 is 0 Å². The summed E-state index contributed by atoms with van der Waals surface area (Å²) in [6.07, 6.45) is -0.446. The van der Waals surface area contributed by atoms with Crippen LogP contribution in [0.3, 0.4) is 0 Å². The third-order valence-electron chi connectivity index (χ3n) is 4.83. The van der Waals surface area contributed by atoms with E-state index in [9.17, 15) is 9.18 Å².